The average molecular weight is 239 g/mol. The first-order valence-corrected chi connectivity index (χ1v) is 5.33. The van der Waals surface area contributed by atoms with Crippen LogP contribution in [0.2, 0.25) is 0 Å². The highest BCUT2D eigenvalue weighted by atomic mass is 16.3. The summed E-state index contributed by atoms with van der Waals surface area (Å²) in [5.41, 5.74) is 5.84. The number of hydrogen-bond acceptors (Lipinski definition) is 4. The molecular formula is C11H17N3O3. The number of aryl methyl sites for hydroxylation is 1. The van der Waals surface area contributed by atoms with Crippen molar-refractivity contribution in [3.8, 4) is 0 Å². The van der Waals surface area contributed by atoms with Crippen molar-refractivity contribution in [2.75, 3.05) is 6.54 Å². The van der Waals surface area contributed by atoms with Crippen LogP contribution in [0.25, 0.3) is 0 Å². The van der Waals surface area contributed by atoms with Gasteiger partial charge in [0.05, 0.1) is 6.10 Å². The van der Waals surface area contributed by atoms with E-state index >= 15 is 0 Å². The highest BCUT2D eigenvalue weighted by Crippen LogP contribution is 1.94. The summed E-state index contributed by atoms with van der Waals surface area (Å²) in [7, 11) is 0. The van der Waals surface area contributed by atoms with Gasteiger partial charge in [0.15, 0.2) is 0 Å². The normalized spacial score (nSPS) is 14.1. The summed E-state index contributed by atoms with van der Waals surface area (Å²) in [5, 5.41) is 11.6. The number of aliphatic hydroxyl groups is 1. The second kappa shape index (κ2) is 5.60. The summed E-state index contributed by atoms with van der Waals surface area (Å²) in [6.45, 7) is 3.38. The van der Waals surface area contributed by atoms with Crippen LogP contribution in [-0.2, 0) is 0 Å². The minimum Gasteiger partial charge on any atom is -0.392 e. The third-order valence-corrected chi connectivity index (χ3v) is 2.42. The Kier molecular flexibility index (Phi) is 4.42. The van der Waals surface area contributed by atoms with E-state index in [9.17, 15) is 9.59 Å². The van der Waals surface area contributed by atoms with Crippen molar-refractivity contribution >= 4 is 5.91 Å². The molecular weight excluding hydrogens is 222 g/mol. The third-order valence-electron chi connectivity index (χ3n) is 2.42. The Morgan fingerprint density at radius 2 is 2.24 bits per heavy atom. The Hall–Kier alpha value is -1.66. The summed E-state index contributed by atoms with van der Waals surface area (Å²) in [5.74, 6) is -0.498. The molecule has 0 aromatic carbocycles. The number of aromatic nitrogens is 1. The molecule has 2 atom stereocenters. The highest BCUT2D eigenvalue weighted by molar-refractivity contribution is 5.93. The number of nitrogens with one attached hydrogen (secondary N) is 2. The van der Waals surface area contributed by atoms with E-state index in [0.29, 0.717) is 5.69 Å². The summed E-state index contributed by atoms with van der Waals surface area (Å²) < 4.78 is 0. The minimum absolute atomic E-state index is 0.0355. The Morgan fingerprint density at radius 3 is 2.76 bits per heavy atom. The van der Waals surface area contributed by atoms with Crippen LogP contribution < -0.4 is 16.6 Å². The Morgan fingerprint density at radius 1 is 1.59 bits per heavy atom. The van der Waals surface area contributed by atoms with E-state index in [-0.39, 0.29) is 12.1 Å². The molecule has 0 aliphatic carbocycles. The van der Waals surface area contributed by atoms with Gasteiger partial charge in [-0.2, -0.15) is 0 Å². The lowest BCUT2D eigenvalue weighted by molar-refractivity contribution is 0.0936. The molecule has 17 heavy (non-hydrogen) atoms. The molecule has 0 spiro atoms. The van der Waals surface area contributed by atoms with E-state index in [1.54, 1.807) is 13.0 Å². The Bertz CT molecular complexity index is 454. The molecule has 0 bridgehead atoms. The van der Waals surface area contributed by atoms with Gasteiger partial charge in [0.1, 0.15) is 5.56 Å². The average Bonchev–Trinajstić information content (AvgIpc) is 2.25. The first kappa shape index (κ1) is 13.4. The zero-order valence-corrected chi connectivity index (χ0v) is 9.86. The number of amides is 1. The van der Waals surface area contributed by atoms with E-state index in [4.69, 9.17) is 10.8 Å². The number of carbonyl (C=O) groups is 1. The van der Waals surface area contributed by atoms with Gasteiger partial charge < -0.3 is 21.1 Å². The second-order valence-corrected chi connectivity index (χ2v) is 4.00. The van der Waals surface area contributed by atoms with E-state index < -0.39 is 23.6 Å². The second-order valence-electron chi connectivity index (χ2n) is 4.00. The number of aromatic amines is 1. The van der Waals surface area contributed by atoms with Crippen molar-refractivity contribution < 1.29 is 9.90 Å². The van der Waals surface area contributed by atoms with Crippen LogP contribution in [-0.4, -0.2) is 34.7 Å². The fourth-order valence-corrected chi connectivity index (χ4v) is 1.23. The quantitative estimate of drug-likeness (QED) is 0.547. The zero-order chi connectivity index (χ0) is 13.0. The predicted molar refractivity (Wildman–Crippen MR) is 63.8 cm³/mol. The van der Waals surface area contributed by atoms with Crippen LogP contribution in [0.5, 0.6) is 0 Å². The standard InChI is InChI=1S/C11H17N3O3/c1-6-3-4-8(11(17)14-6)10(16)13-5-9(12)7(2)15/h3-4,7,9,15H,5,12H2,1-2H3,(H,13,16)(H,14,17). The zero-order valence-electron chi connectivity index (χ0n) is 9.86. The lowest BCUT2D eigenvalue weighted by Gasteiger charge is -2.15. The van der Waals surface area contributed by atoms with Gasteiger partial charge in [-0.3, -0.25) is 9.59 Å². The van der Waals surface area contributed by atoms with Gasteiger partial charge in [0.25, 0.3) is 11.5 Å². The van der Waals surface area contributed by atoms with Crippen LogP contribution in [0.15, 0.2) is 16.9 Å². The molecule has 6 nitrogen and oxygen atoms in total. The van der Waals surface area contributed by atoms with Gasteiger partial charge in [0.2, 0.25) is 0 Å². The summed E-state index contributed by atoms with van der Waals surface area (Å²) in [6, 6.07) is 2.55. The molecule has 1 aromatic heterocycles. The Balaban J connectivity index is 2.68. The fraction of sp³-hybridized carbons (Fsp3) is 0.455. The third kappa shape index (κ3) is 3.69. The number of hydrogen-bond donors (Lipinski definition) is 4. The van der Waals surface area contributed by atoms with E-state index in [0.717, 1.165) is 0 Å². The molecule has 0 radical (unpaired) electrons. The SMILES string of the molecule is Cc1ccc(C(=O)NCC(N)C(C)O)c(=O)[nH]1. The van der Waals surface area contributed by atoms with Gasteiger partial charge in [-0.15, -0.1) is 0 Å². The molecule has 2 unspecified atom stereocenters. The smallest absolute Gasteiger partial charge is 0.260 e. The molecule has 1 heterocycles. The van der Waals surface area contributed by atoms with Gasteiger partial charge >= 0.3 is 0 Å². The molecule has 1 rings (SSSR count). The van der Waals surface area contributed by atoms with E-state index in [1.807, 2.05) is 0 Å². The van der Waals surface area contributed by atoms with Crippen molar-refractivity contribution in [1.82, 2.24) is 10.3 Å². The monoisotopic (exact) mass is 239 g/mol. The molecule has 0 fully saturated rings. The van der Waals surface area contributed by atoms with Crippen LogP contribution in [0.3, 0.4) is 0 Å². The molecule has 1 amide bonds. The topological polar surface area (TPSA) is 108 Å². The molecule has 0 saturated carbocycles. The fourth-order valence-electron chi connectivity index (χ4n) is 1.23. The summed E-state index contributed by atoms with van der Waals surface area (Å²) >= 11 is 0. The van der Waals surface area contributed by atoms with Crippen molar-refractivity contribution in [2.24, 2.45) is 5.73 Å². The highest BCUT2D eigenvalue weighted by Gasteiger charge is 2.13. The van der Waals surface area contributed by atoms with Crippen molar-refractivity contribution in [3.05, 3.63) is 33.7 Å². The van der Waals surface area contributed by atoms with E-state index in [1.165, 1.54) is 13.0 Å². The maximum absolute atomic E-state index is 11.6. The number of nitrogens with two attached hydrogens (primary N) is 1. The lowest BCUT2D eigenvalue weighted by atomic mass is 10.2. The van der Waals surface area contributed by atoms with Crippen LogP contribution in [0.4, 0.5) is 0 Å². The van der Waals surface area contributed by atoms with Gasteiger partial charge in [-0.25, -0.2) is 0 Å². The number of H-pyrrole nitrogens is 1. The van der Waals surface area contributed by atoms with E-state index in [2.05, 4.69) is 10.3 Å². The van der Waals surface area contributed by atoms with Crippen LogP contribution in [0.1, 0.15) is 23.0 Å². The first-order valence-electron chi connectivity index (χ1n) is 5.33. The first-order chi connectivity index (χ1) is 7.91. The number of rotatable bonds is 4. The largest absolute Gasteiger partial charge is 0.392 e. The minimum atomic E-state index is -0.716. The lowest BCUT2D eigenvalue weighted by Crippen LogP contribution is -2.44. The molecule has 1 aromatic rings. The molecule has 5 N–H and O–H groups in total. The molecule has 6 heteroatoms. The van der Waals surface area contributed by atoms with Crippen LogP contribution >= 0.6 is 0 Å². The number of aliphatic hydroxyl groups excluding tert-OH is 1. The molecule has 0 aliphatic rings. The van der Waals surface area contributed by atoms with Gasteiger partial charge in [-0.05, 0) is 26.0 Å². The predicted octanol–water partition coefficient (Wildman–Crippen LogP) is -0.879. The number of carbonyl (C=O) groups excluding carboxylic acids is 1. The Labute approximate surface area is 98.8 Å². The van der Waals surface area contributed by atoms with Crippen molar-refractivity contribution in [2.45, 2.75) is 26.0 Å². The van der Waals surface area contributed by atoms with Crippen molar-refractivity contribution in [3.63, 3.8) is 0 Å². The van der Waals surface area contributed by atoms with Gasteiger partial charge in [-0.1, -0.05) is 0 Å². The maximum atomic E-state index is 11.6. The van der Waals surface area contributed by atoms with Crippen molar-refractivity contribution in [1.29, 1.82) is 0 Å². The number of pyridine rings is 1. The van der Waals surface area contributed by atoms with Gasteiger partial charge in [0, 0.05) is 18.3 Å². The maximum Gasteiger partial charge on any atom is 0.260 e. The molecule has 0 saturated heterocycles. The summed E-state index contributed by atoms with van der Waals surface area (Å²) in [6.07, 6.45) is -0.716. The van der Waals surface area contributed by atoms with Crippen LogP contribution in [0, 0.1) is 6.92 Å². The molecule has 0 aliphatic heterocycles. The summed E-state index contributed by atoms with van der Waals surface area (Å²) in [4.78, 5) is 25.6. The molecule has 94 valence electrons.